The van der Waals surface area contributed by atoms with Gasteiger partial charge in [0, 0.05) is 16.7 Å². The second-order valence-electron chi connectivity index (χ2n) is 3.55. The number of hydrogen-bond acceptors (Lipinski definition) is 4. The van der Waals surface area contributed by atoms with Crippen LogP contribution in [-0.4, -0.2) is 23.5 Å². The molecule has 0 saturated carbocycles. The summed E-state index contributed by atoms with van der Waals surface area (Å²) < 4.78 is 0. The van der Waals surface area contributed by atoms with Crippen LogP contribution in [0.4, 0.5) is 0 Å². The molecule has 0 amide bonds. The minimum absolute atomic E-state index is 0.180. The van der Waals surface area contributed by atoms with Gasteiger partial charge in [0.25, 0.3) is 0 Å². The first kappa shape index (κ1) is 13.0. The van der Waals surface area contributed by atoms with Crippen molar-refractivity contribution in [3.63, 3.8) is 0 Å². The van der Waals surface area contributed by atoms with Crippen molar-refractivity contribution in [2.24, 2.45) is 5.73 Å². The van der Waals surface area contributed by atoms with Crippen molar-refractivity contribution in [2.75, 3.05) is 12.4 Å². The van der Waals surface area contributed by atoms with Gasteiger partial charge in [-0.1, -0.05) is 6.92 Å². The molecule has 0 saturated heterocycles. The zero-order chi connectivity index (χ0) is 11.3. The number of hydrogen-bond donors (Lipinski definition) is 2. The lowest BCUT2D eigenvalue weighted by Gasteiger charge is -2.22. The van der Waals surface area contributed by atoms with E-state index in [-0.39, 0.29) is 12.6 Å². The second-order valence-corrected chi connectivity index (χ2v) is 5.75. The summed E-state index contributed by atoms with van der Waals surface area (Å²) in [4.78, 5) is 1.36. The molecular weight excluding hydrogens is 226 g/mol. The summed E-state index contributed by atoms with van der Waals surface area (Å²) in [7, 11) is 0. The average molecular weight is 245 g/mol. The fraction of sp³-hybridized carbons (Fsp3) is 0.636. The van der Waals surface area contributed by atoms with Gasteiger partial charge in [-0.2, -0.15) is 0 Å². The van der Waals surface area contributed by atoms with Gasteiger partial charge in [0.05, 0.1) is 11.9 Å². The monoisotopic (exact) mass is 245 g/mol. The normalized spacial score (nSPS) is 15.2. The highest BCUT2D eigenvalue weighted by Gasteiger charge is 2.21. The van der Waals surface area contributed by atoms with Gasteiger partial charge in [0.1, 0.15) is 0 Å². The summed E-state index contributed by atoms with van der Waals surface area (Å²) in [5.74, 6) is 0.760. The molecule has 2 atom stereocenters. The SMILES string of the molecule is CCC(N)C(SCCO)c1sccc1C. The Morgan fingerprint density at radius 3 is 2.80 bits per heavy atom. The summed E-state index contributed by atoms with van der Waals surface area (Å²) in [5, 5.41) is 11.3. The predicted molar refractivity (Wildman–Crippen MR) is 69.6 cm³/mol. The predicted octanol–water partition coefficient (Wildman–Crippen LogP) is 2.56. The number of thioether (sulfide) groups is 1. The van der Waals surface area contributed by atoms with Crippen LogP contribution in [0.1, 0.15) is 29.0 Å². The van der Waals surface area contributed by atoms with Gasteiger partial charge in [-0.3, -0.25) is 0 Å². The minimum Gasteiger partial charge on any atom is -0.396 e. The first-order valence-corrected chi connectivity index (χ1v) is 7.15. The van der Waals surface area contributed by atoms with Crippen molar-refractivity contribution in [2.45, 2.75) is 31.6 Å². The Kier molecular flexibility index (Phi) is 5.68. The first-order chi connectivity index (χ1) is 7.20. The smallest absolute Gasteiger partial charge is 0.0545 e. The maximum Gasteiger partial charge on any atom is 0.0545 e. The fourth-order valence-corrected chi connectivity index (χ4v) is 3.95. The van der Waals surface area contributed by atoms with Gasteiger partial charge in [0.15, 0.2) is 0 Å². The van der Waals surface area contributed by atoms with E-state index in [1.807, 2.05) is 0 Å². The standard InChI is InChI=1S/C11H19NOS2/c1-3-9(12)11(15-7-5-13)10-8(2)4-6-14-10/h4,6,9,11,13H,3,5,7,12H2,1-2H3. The topological polar surface area (TPSA) is 46.2 Å². The molecule has 0 aliphatic rings. The Morgan fingerprint density at radius 2 is 2.33 bits per heavy atom. The van der Waals surface area contributed by atoms with Gasteiger partial charge >= 0.3 is 0 Å². The van der Waals surface area contributed by atoms with Crippen LogP contribution in [-0.2, 0) is 0 Å². The summed E-state index contributed by atoms with van der Waals surface area (Å²) >= 11 is 3.53. The molecular formula is C11H19NOS2. The van der Waals surface area contributed by atoms with Crippen LogP contribution in [0.2, 0.25) is 0 Å². The van der Waals surface area contributed by atoms with E-state index in [0.717, 1.165) is 12.2 Å². The van der Waals surface area contributed by atoms with Crippen molar-refractivity contribution in [3.8, 4) is 0 Å². The molecule has 1 aromatic heterocycles. The molecule has 3 N–H and O–H groups in total. The summed E-state index contributed by atoms with van der Waals surface area (Å²) in [6.45, 7) is 4.46. The molecule has 86 valence electrons. The second kappa shape index (κ2) is 6.53. The van der Waals surface area contributed by atoms with Gasteiger partial charge < -0.3 is 10.8 Å². The molecule has 15 heavy (non-hydrogen) atoms. The lowest BCUT2D eigenvalue weighted by molar-refractivity contribution is 0.322. The molecule has 0 bridgehead atoms. The quantitative estimate of drug-likeness (QED) is 0.809. The Hall–Kier alpha value is -0.0300. The number of aliphatic hydroxyl groups is 1. The lowest BCUT2D eigenvalue weighted by Crippen LogP contribution is -2.26. The number of aryl methyl sites for hydroxylation is 1. The highest BCUT2D eigenvalue weighted by atomic mass is 32.2. The Labute approximate surface area is 99.9 Å². The van der Waals surface area contributed by atoms with E-state index in [9.17, 15) is 0 Å². The maximum atomic E-state index is 8.88. The molecule has 1 aromatic rings. The Balaban J connectivity index is 2.76. The molecule has 1 rings (SSSR count). The summed E-state index contributed by atoms with van der Waals surface area (Å²) in [6, 6.07) is 2.31. The molecule has 2 unspecified atom stereocenters. The van der Waals surface area contributed by atoms with Crippen molar-refractivity contribution < 1.29 is 5.11 Å². The van der Waals surface area contributed by atoms with E-state index in [1.165, 1.54) is 10.4 Å². The van der Waals surface area contributed by atoms with Crippen LogP contribution < -0.4 is 5.73 Å². The van der Waals surface area contributed by atoms with E-state index < -0.39 is 0 Å². The highest BCUT2D eigenvalue weighted by Crippen LogP contribution is 2.37. The molecule has 1 heterocycles. The molecule has 0 fully saturated rings. The van der Waals surface area contributed by atoms with E-state index >= 15 is 0 Å². The third-order valence-corrected chi connectivity index (χ3v) is 5.02. The van der Waals surface area contributed by atoms with Gasteiger partial charge in [-0.25, -0.2) is 0 Å². The third kappa shape index (κ3) is 3.48. The number of rotatable bonds is 6. The van der Waals surface area contributed by atoms with Gasteiger partial charge in [-0.15, -0.1) is 23.1 Å². The molecule has 2 nitrogen and oxygen atoms in total. The van der Waals surface area contributed by atoms with Crippen molar-refractivity contribution in [3.05, 3.63) is 21.9 Å². The van der Waals surface area contributed by atoms with E-state index in [1.54, 1.807) is 23.1 Å². The minimum atomic E-state index is 0.180. The van der Waals surface area contributed by atoms with Crippen LogP contribution in [0.5, 0.6) is 0 Å². The van der Waals surface area contributed by atoms with Crippen LogP contribution in [0.15, 0.2) is 11.4 Å². The van der Waals surface area contributed by atoms with Crippen molar-refractivity contribution in [1.82, 2.24) is 0 Å². The Bertz CT molecular complexity index is 288. The summed E-state index contributed by atoms with van der Waals surface area (Å²) in [6.07, 6.45) is 0.973. The Morgan fingerprint density at radius 1 is 1.60 bits per heavy atom. The highest BCUT2D eigenvalue weighted by molar-refractivity contribution is 7.99. The number of aliphatic hydroxyl groups excluding tert-OH is 1. The first-order valence-electron chi connectivity index (χ1n) is 5.22. The van der Waals surface area contributed by atoms with Crippen molar-refractivity contribution >= 4 is 23.1 Å². The molecule has 0 aromatic carbocycles. The van der Waals surface area contributed by atoms with E-state index in [0.29, 0.717) is 5.25 Å². The average Bonchev–Trinajstić information content (AvgIpc) is 2.65. The molecule has 0 radical (unpaired) electrons. The van der Waals surface area contributed by atoms with Crippen LogP contribution in [0, 0.1) is 6.92 Å². The van der Waals surface area contributed by atoms with Crippen LogP contribution in [0.25, 0.3) is 0 Å². The lowest BCUT2D eigenvalue weighted by atomic mass is 10.1. The molecule has 0 aliphatic heterocycles. The fourth-order valence-electron chi connectivity index (χ4n) is 1.46. The zero-order valence-corrected chi connectivity index (χ0v) is 10.9. The van der Waals surface area contributed by atoms with Gasteiger partial charge in [-0.05, 0) is 30.4 Å². The van der Waals surface area contributed by atoms with E-state index in [4.69, 9.17) is 10.8 Å². The molecule has 0 spiro atoms. The van der Waals surface area contributed by atoms with Crippen LogP contribution in [0.3, 0.4) is 0 Å². The summed E-state index contributed by atoms with van der Waals surface area (Å²) in [5.41, 5.74) is 7.44. The van der Waals surface area contributed by atoms with Crippen molar-refractivity contribution in [1.29, 1.82) is 0 Å². The maximum absolute atomic E-state index is 8.88. The molecule has 4 heteroatoms. The molecule has 0 aliphatic carbocycles. The largest absolute Gasteiger partial charge is 0.396 e. The van der Waals surface area contributed by atoms with E-state index in [2.05, 4.69) is 25.3 Å². The number of nitrogens with two attached hydrogens (primary N) is 1. The van der Waals surface area contributed by atoms with Crippen LogP contribution >= 0.6 is 23.1 Å². The van der Waals surface area contributed by atoms with Gasteiger partial charge in [0.2, 0.25) is 0 Å². The number of thiophene rings is 1. The third-order valence-electron chi connectivity index (χ3n) is 2.41. The zero-order valence-electron chi connectivity index (χ0n) is 9.27.